The summed E-state index contributed by atoms with van der Waals surface area (Å²) in [5.41, 5.74) is 9.04. The highest BCUT2D eigenvalue weighted by Crippen LogP contribution is 2.34. The summed E-state index contributed by atoms with van der Waals surface area (Å²) in [6, 6.07) is 8.09. The second kappa shape index (κ2) is 5.48. The summed E-state index contributed by atoms with van der Waals surface area (Å²) in [4.78, 5) is 0. The zero-order valence-electron chi connectivity index (χ0n) is 10.6. The van der Waals surface area contributed by atoms with E-state index in [0.717, 1.165) is 15.7 Å². The molecular weight excluding hydrogens is 311 g/mol. The number of halogens is 2. The van der Waals surface area contributed by atoms with E-state index in [1.54, 1.807) is 6.07 Å². The number of methoxy groups -OCH3 is 1. The molecule has 0 spiro atoms. The number of nitrogen functional groups attached to an aromatic ring is 1. The van der Waals surface area contributed by atoms with Crippen molar-refractivity contribution in [1.82, 2.24) is 0 Å². The largest absolute Gasteiger partial charge is 0.494 e. The van der Waals surface area contributed by atoms with E-state index < -0.39 is 0 Å². The standard InChI is InChI=1S/C14H14BrFN2O/c1-8-5-13(10(15)7-11(8)17)18-12-4-3-9(16)6-14(12)19-2/h3-7,18H,17H2,1-2H3. The quantitative estimate of drug-likeness (QED) is 0.830. The van der Waals surface area contributed by atoms with E-state index in [1.807, 2.05) is 19.1 Å². The van der Waals surface area contributed by atoms with Gasteiger partial charge in [0, 0.05) is 16.2 Å². The highest BCUT2D eigenvalue weighted by atomic mass is 79.9. The lowest BCUT2D eigenvalue weighted by molar-refractivity contribution is 0.413. The van der Waals surface area contributed by atoms with Gasteiger partial charge in [0.25, 0.3) is 0 Å². The first kappa shape index (κ1) is 13.7. The first-order valence-corrected chi connectivity index (χ1v) is 6.46. The molecule has 5 heteroatoms. The molecule has 100 valence electrons. The van der Waals surface area contributed by atoms with E-state index in [-0.39, 0.29) is 5.82 Å². The number of nitrogens with one attached hydrogen (secondary N) is 1. The first-order valence-electron chi connectivity index (χ1n) is 5.67. The van der Waals surface area contributed by atoms with Crippen molar-refractivity contribution >= 4 is 33.0 Å². The number of hydrogen-bond donors (Lipinski definition) is 2. The predicted octanol–water partition coefficient (Wildman–Crippen LogP) is 4.23. The fourth-order valence-corrected chi connectivity index (χ4v) is 2.17. The van der Waals surface area contributed by atoms with Gasteiger partial charge >= 0.3 is 0 Å². The average Bonchev–Trinajstić information content (AvgIpc) is 2.37. The van der Waals surface area contributed by atoms with Crippen molar-refractivity contribution in [1.29, 1.82) is 0 Å². The zero-order valence-corrected chi connectivity index (χ0v) is 12.2. The second-order valence-electron chi connectivity index (χ2n) is 4.16. The van der Waals surface area contributed by atoms with Gasteiger partial charge < -0.3 is 15.8 Å². The first-order chi connectivity index (χ1) is 9.01. The van der Waals surface area contributed by atoms with Gasteiger partial charge in [-0.3, -0.25) is 0 Å². The number of ether oxygens (including phenoxy) is 1. The van der Waals surface area contributed by atoms with Crippen LogP contribution in [-0.2, 0) is 0 Å². The van der Waals surface area contributed by atoms with Gasteiger partial charge in [0.05, 0.1) is 18.5 Å². The maximum absolute atomic E-state index is 13.1. The Morgan fingerprint density at radius 1 is 1.21 bits per heavy atom. The highest BCUT2D eigenvalue weighted by molar-refractivity contribution is 9.10. The molecule has 0 saturated heterocycles. The number of aryl methyl sites for hydroxylation is 1. The summed E-state index contributed by atoms with van der Waals surface area (Å²) < 4.78 is 19.1. The van der Waals surface area contributed by atoms with E-state index in [0.29, 0.717) is 17.1 Å². The summed E-state index contributed by atoms with van der Waals surface area (Å²) >= 11 is 3.44. The molecule has 19 heavy (non-hydrogen) atoms. The number of hydrogen-bond acceptors (Lipinski definition) is 3. The molecule has 0 fully saturated rings. The van der Waals surface area contributed by atoms with Crippen LogP contribution in [0.3, 0.4) is 0 Å². The van der Waals surface area contributed by atoms with Crippen LogP contribution >= 0.6 is 15.9 Å². The van der Waals surface area contributed by atoms with Crippen LogP contribution < -0.4 is 15.8 Å². The van der Waals surface area contributed by atoms with Gasteiger partial charge in [-0.25, -0.2) is 4.39 Å². The minimum Gasteiger partial charge on any atom is -0.494 e. The third kappa shape index (κ3) is 2.98. The fourth-order valence-electron chi connectivity index (χ4n) is 1.71. The normalized spacial score (nSPS) is 10.3. The van der Waals surface area contributed by atoms with Crippen molar-refractivity contribution in [3.63, 3.8) is 0 Å². The van der Waals surface area contributed by atoms with Crippen molar-refractivity contribution in [2.45, 2.75) is 6.92 Å². The molecule has 0 unspecified atom stereocenters. The van der Waals surface area contributed by atoms with Gasteiger partial charge in [-0.15, -0.1) is 0 Å². The molecule has 0 amide bonds. The van der Waals surface area contributed by atoms with Crippen LogP contribution in [0.25, 0.3) is 0 Å². The van der Waals surface area contributed by atoms with Gasteiger partial charge in [0.1, 0.15) is 11.6 Å². The molecule has 3 nitrogen and oxygen atoms in total. The summed E-state index contributed by atoms with van der Waals surface area (Å²) in [6.07, 6.45) is 0. The molecule has 0 heterocycles. The van der Waals surface area contributed by atoms with Crippen molar-refractivity contribution < 1.29 is 9.13 Å². The van der Waals surface area contributed by atoms with Crippen molar-refractivity contribution in [2.24, 2.45) is 0 Å². The lowest BCUT2D eigenvalue weighted by atomic mass is 10.1. The lowest BCUT2D eigenvalue weighted by Crippen LogP contribution is -1.98. The Labute approximate surface area is 119 Å². The Kier molecular flexibility index (Phi) is 3.95. The smallest absolute Gasteiger partial charge is 0.145 e. The Hall–Kier alpha value is -1.75. The summed E-state index contributed by atoms with van der Waals surface area (Å²) in [5.74, 6) is 0.108. The van der Waals surface area contributed by atoms with Crippen molar-refractivity contribution in [3.8, 4) is 5.75 Å². The molecule has 0 bridgehead atoms. The number of nitrogens with two attached hydrogens (primary N) is 1. The third-order valence-electron chi connectivity index (χ3n) is 2.79. The molecule has 0 radical (unpaired) electrons. The SMILES string of the molecule is COc1cc(F)ccc1Nc1cc(C)c(N)cc1Br. The van der Waals surface area contributed by atoms with E-state index in [1.165, 1.54) is 19.2 Å². The fraction of sp³-hybridized carbons (Fsp3) is 0.143. The summed E-state index contributed by atoms with van der Waals surface area (Å²) in [5, 5.41) is 3.19. The lowest BCUT2D eigenvalue weighted by Gasteiger charge is -2.14. The zero-order chi connectivity index (χ0) is 14.0. The van der Waals surface area contributed by atoms with E-state index in [9.17, 15) is 4.39 Å². The van der Waals surface area contributed by atoms with Crippen LogP contribution in [0.2, 0.25) is 0 Å². The molecule has 2 aromatic carbocycles. The minimum atomic E-state index is -0.338. The van der Waals surface area contributed by atoms with E-state index in [2.05, 4.69) is 21.2 Å². The number of rotatable bonds is 3. The molecule has 0 atom stereocenters. The molecule has 0 aliphatic heterocycles. The average molecular weight is 325 g/mol. The molecule has 3 N–H and O–H groups in total. The maximum Gasteiger partial charge on any atom is 0.145 e. The van der Waals surface area contributed by atoms with Crippen LogP contribution in [-0.4, -0.2) is 7.11 Å². The minimum absolute atomic E-state index is 0.338. The van der Waals surface area contributed by atoms with Crippen LogP contribution in [0.4, 0.5) is 21.5 Å². The molecule has 0 aliphatic rings. The number of anilines is 3. The van der Waals surface area contributed by atoms with Crippen LogP contribution in [0.1, 0.15) is 5.56 Å². The van der Waals surface area contributed by atoms with Crippen molar-refractivity contribution in [2.75, 3.05) is 18.2 Å². The molecule has 0 saturated carbocycles. The van der Waals surface area contributed by atoms with Gasteiger partial charge in [-0.05, 0) is 52.7 Å². The Morgan fingerprint density at radius 3 is 2.63 bits per heavy atom. The van der Waals surface area contributed by atoms with E-state index in [4.69, 9.17) is 10.5 Å². The summed E-state index contributed by atoms with van der Waals surface area (Å²) in [6.45, 7) is 1.93. The molecule has 0 aliphatic carbocycles. The maximum atomic E-state index is 13.1. The third-order valence-corrected chi connectivity index (χ3v) is 3.44. The van der Waals surface area contributed by atoms with Crippen LogP contribution in [0.15, 0.2) is 34.8 Å². The van der Waals surface area contributed by atoms with Crippen LogP contribution in [0.5, 0.6) is 5.75 Å². The highest BCUT2D eigenvalue weighted by Gasteiger charge is 2.08. The predicted molar refractivity (Wildman–Crippen MR) is 79.5 cm³/mol. The Morgan fingerprint density at radius 2 is 1.95 bits per heavy atom. The second-order valence-corrected chi connectivity index (χ2v) is 5.01. The molecule has 2 rings (SSSR count). The topological polar surface area (TPSA) is 47.3 Å². The molecule has 2 aromatic rings. The molecular formula is C14H14BrFN2O. The van der Waals surface area contributed by atoms with Crippen LogP contribution in [0, 0.1) is 12.7 Å². The number of benzene rings is 2. The van der Waals surface area contributed by atoms with Crippen molar-refractivity contribution in [3.05, 3.63) is 46.2 Å². The van der Waals surface area contributed by atoms with Gasteiger partial charge in [-0.1, -0.05) is 0 Å². The Balaban J connectivity index is 2.39. The van der Waals surface area contributed by atoms with E-state index >= 15 is 0 Å². The van der Waals surface area contributed by atoms with Gasteiger partial charge in [0.2, 0.25) is 0 Å². The Bertz CT molecular complexity index is 617. The van der Waals surface area contributed by atoms with Gasteiger partial charge in [0.15, 0.2) is 0 Å². The van der Waals surface area contributed by atoms with Gasteiger partial charge in [-0.2, -0.15) is 0 Å². The monoisotopic (exact) mass is 324 g/mol. The summed E-state index contributed by atoms with van der Waals surface area (Å²) in [7, 11) is 1.50. The molecule has 0 aromatic heterocycles.